The largest absolute Gasteiger partial charge is 0.399 e. The highest BCUT2D eigenvalue weighted by Crippen LogP contribution is 2.27. The third-order valence-corrected chi connectivity index (χ3v) is 4.12. The Hall–Kier alpha value is -2.27. The van der Waals surface area contributed by atoms with Crippen molar-refractivity contribution < 1.29 is 13.3 Å². The van der Waals surface area contributed by atoms with Crippen molar-refractivity contribution in [2.24, 2.45) is 0 Å². The molecule has 0 aliphatic heterocycles. The highest BCUT2D eigenvalue weighted by Gasteiger charge is 2.26. The third kappa shape index (κ3) is 3.44. The molecule has 0 fully saturated rings. The molecule has 0 saturated heterocycles. The van der Waals surface area contributed by atoms with Gasteiger partial charge in [-0.05, 0) is 28.1 Å². The molecule has 2 aromatic rings. The lowest BCUT2D eigenvalue weighted by Crippen LogP contribution is -2.16. The lowest BCUT2D eigenvalue weighted by atomic mass is 10.3. The Morgan fingerprint density at radius 3 is 2.57 bits per heavy atom. The summed E-state index contributed by atoms with van der Waals surface area (Å²) in [4.78, 5) is 17.2. The van der Waals surface area contributed by atoms with Crippen LogP contribution in [-0.2, 0) is 10.0 Å². The first-order chi connectivity index (χ1) is 9.79. The van der Waals surface area contributed by atoms with Gasteiger partial charge in [0, 0.05) is 11.8 Å². The Morgan fingerprint density at radius 2 is 2.00 bits per heavy atom. The number of nitro groups is 1. The molecule has 0 aliphatic rings. The first kappa shape index (κ1) is 15.1. The van der Waals surface area contributed by atoms with Crippen LogP contribution in [0.25, 0.3) is 0 Å². The lowest BCUT2D eigenvalue weighted by molar-refractivity contribution is -0.387. The molecule has 0 radical (unpaired) electrons. The van der Waals surface area contributed by atoms with E-state index in [0.29, 0.717) is 4.60 Å². The molecule has 2 rings (SSSR count). The highest BCUT2D eigenvalue weighted by atomic mass is 79.9. The quantitative estimate of drug-likeness (QED) is 0.470. The number of aromatic nitrogens is 2. The van der Waals surface area contributed by atoms with Crippen molar-refractivity contribution in [3.8, 4) is 0 Å². The Bertz CT molecular complexity index is 794. The molecule has 1 heterocycles. The average molecular weight is 374 g/mol. The molecule has 0 bridgehead atoms. The molecule has 1 aromatic carbocycles. The molecule has 0 amide bonds. The summed E-state index contributed by atoms with van der Waals surface area (Å²) in [6.45, 7) is 0. The number of nitro benzene ring substituents is 1. The van der Waals surface area contributed by atoms with Gasteiger partial charge in [0.1, 0.15) is 4.60 Å². The molecule has 1 aromatic heterocycles. The molecule has 110 valence electrons. The molecule has 0 aliphatic carbocycles. The molecule has 3 N–H and O–H groups in total. The molecule has 9 nitrogen and oxygen atoms in total. The van der Waals surface area contributed by atoms with Gasteiger partial charge in [0.25, 0.3) is 15.7 Å². The summed E-state index contributed by atoms with van der Waals surface area (Å²) in [5.74, 6) is -0.0741. The third-order valence-electron chi connectivity index (χ3n) is 2.33. The molecule has 0 saturated carbocycles. The zero-order valence-electron chi connectivity index (χ0n) is 10.2. The van der Waals surface area contributed by atoms with Crippen LogP contribution in [0.15, 0.2) is 40.1 Å². The number of nitrogens with zero attached hydrogens (tertiary/aromatic N) is 3. The highest BCUT2D eigenvalue weighted by molar-refractivity contribution is 9.10. The minimum absolute atomic E-state index is 0.0741. The van der Waals surface area contributed by atoms with Gasteiger partial charge in [0.15, 0.2) is 10.7 Å². The van der Waals surface area contributed by atoms with Crippen LogP contribution in [0.3, 0.4) is 0 Å². The van der Waals surface area contributed by atoms with Gasteiger partial charge in [0.2, 0.25) is 0 Å². The van der Waals surface area contributed by atoms with Crippen LogP contribution in [0.1, 0.15) is 0 Å². The molecule has 0 spiro atoms. The van der Waals surface area contributed by atoms with E-state index in [1.165, 1.54) is 18.5 Å². The van der Waals surface area contributed by atoms with Gasteiger partial charge in [0.05, 0.1) is 17.3 Å². The van der Waals surface area contributed by atoms with E-state index in [2.05, 4.69) is 30.6 Å². The number of sulfonamides is 1. The van der Waals surface area contributed by atoms with Crippen LogP contribution in [0.4, 0.5) is 17.2 Å². The van der Waals surface area contributed by atoms with E-state index in [4.69, 9.17) is 5.73 Å². The van der Waals surface area contributed by atoms with Crippen LogP contribution in [0.2, 0.25) is 0 Å². The Kier molecular flexibility index (Phi) is 4.04. The van der Waals surface area contributed by atoms with Crippen molar-refractivity contribution in [1.82, 2.24) is 9.97 Å². The Labute approximate surface area is 127 Å². The first-order valence-corrected chi connectivity index (χ1v) is 7.61. The topological polar surface area (TPSA) is 141 Å². The smallest absolute Gasteiger partial charge is 0.290 e. The fourth-order valence-electron chi connectivity index (χ4n) is 1.45. The summed E-state index contributed by atoms with van der Waals surface area (Å²) < 4.78 is 26.9. The van der Waals surface area contributed by atoms with E-state index >= 15 is 0 Å². The van der Waals surface area contributed by atoms with Gasteiger partial charge >= 0.3 is 0 Å². The number of nitrogens with two attached hydrogens (primary N) is 1. The number of nitrogen functional groups attached to an aromatic ring is 1. The monoisotopic (exact) mass is 373 g/mol. The number of nitrogens with one attached hydrogen (secondary N) is 1. The number of hydrogen-bond acceptors (Lipinski definition) is 7. The maximum Gasteiger partial charge on any atom is 0.290 e. The fourth-order valence-corrected chi connectivity index (χ4v) is 2.86. The van der Waals surface area contributed by atoms with Crippen molar-refractivity contribution in [3.05, 3.63) is 45.3 Å². The summed E-state index contributed by atoms with van der Waals surface area (Å²) in [6, 6.07) is 3.28. The SMILES string of the molecule is Nc1ccc([N+](=O)[O-])c(S(=O)(=O)Nc2cnc(Br)cn2)c1. The summed E-state index contributed by atoms with van der Waals surface area (Å²) in [5, 5.41) is 10.9. The van der Waals surface area contributed by atoms with Gasteiger partial charge in [-0.3, -0.25) is 14.8 Å². The zero-order valence-corrected chi connectivity index (χ0v) is 12.6. The molecule has 0 atom stereocenters. The van der Waals surface area contributed by atoms with Crippen molar-refractivity contribution in [2.75, 3.05) is 10.5 Å². The van der Waals surface area contributed by atoms with Crippen LogP contribution < -0.4 is 10.5 Å². The van der Waals surface area contributed by atoms with Crippen LogP contribution in [0, 0.1) is 10.1 Å². The number of hydrogen-bond donors (Lipinski definition) is 2. The Balaban J connectivity index is 2.46. The number of rotatable bonds is 4. The van der Waals surface area contributed by atoms with E-state index < -0.39 is 25.5 Å². The van der Waals surface area contributed by atoms with Crippen LogP contribution in [0.5, 0.6) is 0 Å². The lowest BCUT2D eigenvalue weighted by Gasteiger charge is -2.08. The van der Waals surface area contributed by atoms with Crippen LogP contribution >= 0.6 is 15.9 Å². The predicted molar refractivity (Wildman–Crippen MR) is 78.0 cm³/mol. The summed E-state index contributed by atoms with van der Waals surface area (Å²) >= 11 is 3.05. The van der Waals surface area contributed by atoms with Crippen molar-refractivity contribution >= 4 is 43.1 Å². The summed E-state index contributed by atoms with van der Waals surface area (Å²) in [5.41, 5.74) is 4.99. The van der Waals surface area contributed by atoms with Gasteiger partial charge < -0.3 is 5.73 Å². The van der Waals surface area contributed by atoms with Gasteiger partial charge in [-0.15, -0.1) is 0 Å². The maximum atomic E-state index is 12.2. The van der Waals surface area contributed by atoms with Gasteiger partial charge in [-0.25, -0.2) is 18.4 Å². The van der Waals surface area contributed by atoms with Crippen molar-refractivity contribution in [1.29, 1.82) is 0 Å². The minimum atomic E-state index is -4.21. The molecule has 21 heavy (non-hydrogen) atoms. The molecule has 11 heteroatoms. The van der Waals surface area contributed by atoms with E-state index in [9.17, 15) is 18.5 Å². The first-order valence-electron chi connectivity index (χ1n) is 5.34. The zero-order chi connectivity index (χ0) is 15.6. The second-order valence-electron chi connectivity index (χ2n) is 3.81. The van der Waals surface area contributed by atoms with Crippen molar-refractivity contribution in [3.63, 3.8) is 0 Å². The molecular formula is C10H8BrN5O4S. The second kappa shape index (κ2) is 5.61. The van der Waals surface area contributed by atoms with E-state index in [1.54, 1.807) is 0 Å². The maximum absolute atomic E-state index is 12.2. The summed E-state index contributed by atoms with van der Waals surface area (Å²) in [6.07, 6.45) is 2.45. The Morgan fingerprint density at radius 1 is 1.29 bits per heavy atom. The fraction of sp³-hybridized carbons (Fsp3) is 0. The van der Waals surface area contributed by atoms with Crippen LogP contribution in [-0.4, -0.2) is 23.3 Å². The number of benzene rings is 1. The normalized spacial score (nSPS) is 11.1. The molecule has 0 unspecified atom stereocenters. The molecular weight excluding hydrogens is 366 g/mol. The van der Waals surface area contributed by atoms with E-state index in [-0.39, 0.29) is 11.5 Å². The second-order valence-corrected chi connectivity index (χ2v) is 6.28. The standard InChI is InChI=1S/C10H8BrN5O4S/c11-9-4-14-10(5-13-9)15-21(19,20)8-3-6(12)1-2-7(8)16(17)18/h1-5H,12H2,(H,14,15). The predicted octanol–water partition coefficient (Wildman–Crippen LogP) is 1.53. The van der Waals surface area contributed by atoms with Gasteiger partial charge in [-0.1, -0.05) is 0 Å². The van der Waals surface area contributed by atoms with Crippen molar-refractivity contribution in [2.45, 2.75) is 4.90 Å². The van der Waals surface area contributed by atoms with E-state index in [0.717, 1.165) is 12.1 Å². The number of halogens is 1. The average Bonchev–Trinajstić information content (AvgIpc) is 2.41. The number of anilines is 2. The van der Waals surface area contributed by atoms with E-state index in [1.807, 2.05) is 0 Å². The van der Waals surface area contributed by atoms with Gasteiger partial charge in [-0.2, -0.15) is 0 Å². The summed E-state index contributed by atoms with van der Waals surface area (Å²) in [7, 11) is -4.21. The minimum Gasteiger partial charge on any atom is -0.399 e.